The number of aliphatic hydroxyl groups excluding tert-OH is 1. The summed E-state index contributed by atoms with van der Waals surface area (Å²) in [6.45, 7) is 5.30. The summed E-state index contributed by atoms with van der Waals surface area (Å²) in [7, 11) is 0. The predicted molar refractivity (Wildman–Crippen MR) is 70.8 cm³/mol. The number of nitrogens with one attached hydrogen (secondary N) is 2. The van der Waals surface area contributed by atoms with Gasteiger partial charge in [0, 0.05) is 6.04 Å². The molecular formula is C13H24N2O4. The molecule has 0 bridgehead atoms. The number of aliphatic carboxylic acids is 1. The van der Waals surface area contributed by atoms with E-state index in [-0.39, 0.29) is 12.1 Å². The molecule has 4 N–H and O–H groups in total. The molecule has 2 amide bonds. The van der Waals surface area contributed by atoms with Crippen LogP contribution in [0.25, 0.3) is 0 Å². The number of carbonyl (C=O) groups excluding carboxylic acids is 1. The maximum absolute atomic E-state index is 11.8. The average molecular weight is 272 g/mol. The van der Waals surface area contributed by atoms with Crippen molar-refractivity contribution in [3.63, 3.8) is 0 Å². The zero-order valence-corrected chi connectivity index (χ0v) is 11.8. The number of hydrogen-bond donors (Lipinski definition) is 4. The summed E-state index contributed by atoms with van der Waals surface area (Å²) >= 11 is 0. The zero-order chi connectivity index (χ0) is 14.6. The van der Waals surface area contributed by atoms with E-state index in [4.69, 9.17) is 5.11 Å². The summed E-state index contributed by atoms with van der Waals surface area (Å²) in [6.07, 6.45) is 2.52. The van der Waals surface area contributed by atoms with Crippen LogP contribution in [0.2, 0.25) is 0 Å². The van der Waals surface area contributed by atoms with E-state index >= 15 is 0 Å². The first-order valence-corrected chi connectivity index (χ1v) is 6.68. The number of carboxylic acids is 1. The van der Waals surface area contributed by atoms with Crippen LogP contribution >= 0.6 is 0 Å². The smallest absolute Gasteiger partial charge is 0.326 e. The second kappa shape index (κ2) is 6.23. The van der Waals surface area contributed by atoms with E-state index in [1.165, 1.54) is 0 Å². The maximum Gasteiger partial charge on any atom is 0.326 e. The fourth-order valence-electron chi connectivity index (χ4n) is 2.23. The predicted octanol–water partition coefficient (Wildman–Crippen LogP) is 1.09. The molecule has 0 radical (unpaired) electrons. The minimum Gasteiger partial charge on any atom is -0.480 e. The van der Waals surface area contributed by atoms with Crippen LogP contribution in [0.4, 0.5) is 4.79 Å². The number of hydrogen-bond acceptors (Lipinski definition) is 3. The number of rotatable bonds is 3. The highest BCUT2D eigenvalue weighted by Gasteiger charge is 2.33. The first-order chi connectivity index (χ1) is 8.70. The van der Waals surface area contributed by atoms with Gasteiger partial charge in [-0.25, -0.2) is 9.59 Å². The highest BCUT2D eigenvalue weighted by molar-refractivity contribution is 5.83. The van der Waals surface area contributed by atoms with Gasteiger partial charge >= 0.3 is 12.0 Å². The minimum absolute atomic E-state index is 0.0119. The molecule has 0 aromatic rings. The molecule has 1 aliphatic carbocycles. The van der Waals surface area contributed by atoms with Crippen molar-refractivity contribution < 1.29 is 19.8 Å². The monoisotopic (exact) mass is 272 g/mol. The molecule has 6 nitrogen and oxygen atoms in total. The lowest BCUT2D eigenvalue weighted by Crippen LogP contribution is -2.54. The number of aliphatic hydroxyl groups is 1. The van der Waals surface area contributed by atoms with Crippen molar-refractivity contribution in [2.75, 3.05) is 0 Å². The molecular weight excluding hydrogens is 248 g/mol. The van der Waals surface area contributed by atoms with Gasteiger partial charge in [-0.15, -0.1) is 0 Å². The van der Waals surface area contributed by atoms with Crippen molar-refractivity contribution in [1.82, 2.24) is 10.6 Å². The van der Waals surface area contributed by atoms with Crippen LogP contribution in [0.3, 0.4) is 0 Å². The fraction of sp³-hybridized carbons (Fsp3) is 0.846. The zero-order valence-electron chi connectivity index (χ0n) is 11.8. The summed E-state index contributed by atoms with van der Waals surface area (Å²) in [4.78, 5) is 22.9. The van der Waals surface area contributed by atoms with E-state index in [2.05, 4.69) is 10.6 Å². The third kappa shape index (κ3) is 5.06. The van der Waals surface area contributed by atoms with E-state index in [0.717, 1.165) is 12.8 Å². The first kappa shape index (κ1) is 15.8. The van der Waals surface area contributed by atoms with Gasteiger partial charge in [0.25, 0.3) is 0 Å². The Morgan fingerprint density at radius 2 is 1.68 bits per heavy atom. The minimum atomic E-state index is -1.04. The van der Waals surface area contributed by atoms with Crippen molar-refractivity contribution in [2.45, 2.75) is 64.6 Å². The molecule has 0 saturated heterocycles. The van der Waals surface area contributed by atoms with Crippen molar-refractivity contribution in [2.24, 2.45) is 5.41 Å². The lowest BCUT2D eigenvalue weighted by molar-refractivity contribution is -0.141. The Labute approximate surface area is 113 Å². The normalized spacial score (nSPS) is 25.5. The number of carbonyl (C=O) groups is 2. The molecule has 0 heterocycles. The van der Waals surface area contributed by atoms with Crippen LogP contribution in [0.1, 0.15) is 46.5 Å². The van der Waals surface area contributed by atoms with E-state index < -0.39 is 23.5 Å². The third-order valence-electron chi connectivity index (χ3n) is 3.42. The van der Waals surface area contributed by atoms with Gasteiger partial charge in [0.05, 0.1) is 6.10 Å². The van der Waals surface area contributed by atoms with Crippen molar-refractivity contribution in [1.29, 1.82) is 0 Å². The second-order valence-corrected chi connectivity index (χ2v) is 6.26. The summed E-state index contributed by atoms with van der Waals surface area (Å²) < 4.78 is 0. The van der Waals surface area contributed by atoms with Gasteiger partial charge < -0.3 is 20.8 Å². The molecule has 1 fully saturated rings. The SMILES string of the molecule is CC(C)(C)[C@H](NC(=O)NC1CCC(O)CC1)C(=O)O. The highest BCUT2D eigenvalue weighted by Crippen LogP contribution is 2.20. The fourth-order valence-corrected chi connectivity index (χ4v) is 2.23. The Kier molecular flexibility index (Phi) is 5.17. The highest BCUT2D eigenvalue weighted by atomic mass is 16.4. The van der Waals surface area contributed by atoms with Gasteiger partial charge in [-0.2, -0.15) is 0 Å². The molecule has 0 unspecified atom stereocenters. The summed E-state index contributed by atoms with van der Waals surface area (Å²) in [6, 6.07) is -1.37. The number of carboxylic acid groups (broad SMARTS) is 1. The molecule has 19 heavy (non-hydrogen) atoms. The molecule has 0 aromatic carbocycles. The number of urea groups is 1. The van der Waals surface area contributed by atoms with Gasteiger partial charge in [-0.05, 0) is 31.1 Å². The summed E-state index contributed by atoms with van der Waals surface area (Å²) in [5.74, 6) is -1.04. The first-order valence-electron chi connectivity index (χ1n) is 6.68. The molecule has 1 aliphatic rings. The van der Waals surface area contributed by atoms with Crippen molar-refractivity contribution in [3.8, 4) is 0 Å². The third-order valence-corrected chi connectivity index (χ3v) is 3.42. The molecule has 1 atom stereocenters. The van der Waals surface area contributed by atoms with E-state index in [9.17, 15) is 14.7 Å². The summed E-state index contributed by atoms with van der Waals surface area (Å²) in [5, 5.41) is 23.8. The van der Waals surface area contributed by atoms with Crippen LogP contribution in [-0.4, -0.2) is 40.4 Å². The quantitative estimate of drug-likeness (QED) is 0.618. The molecule has 1 saturated carbocycles. The van der Waals surface area contributed by atoms with E-state index in [0.29, 0.717) is 12.8 Å². The van der Waals surface area contributed by atoms with Gasteiger partial charge in [-0.3, -0.25) is 0 Å². The Morgan fingerprint density at radius 1 is 1.16 bits per heavy atom. The van der Waals surface area contributed by atoms with E-state index in [1.54, 1.807) is 20.8 Å². The van der Waals surface area contributed by atoms with Gasteiger partial charge in [0.1, 0.15) is 6.04 Å². The second-order valence-electron chi connectivity index (χ2n) is 6.26. The maximum atomic E-state index is 11.8. The van der Waals surface area contributed by atoms with E-state index in [1.807, 2.05) is 0 Å². The Bertz CT molecular complexity index is 330. The Morgan fingerprint density at radius 3 is 2.11 bits per heavy atom. The molecule has 0 spiro atoms. The molecule has 110 valence electrons. The van der Waals surface area contributed by atoms with Crippen molar-refractivity contribution in [3.05, 3.63) is 0 Å². The van der Waals surface area contributed by atoms with Crippen LogP contribution in [0.5, 0.6) is 0 Å². The van der Waals surface area contributed by atoms with Crippen LogP contribution < -0.4 is 10.6 Å². The van der Waals surface area contributed by atoms with Crippen LogP contribution in [-0.2, 0) is 4.79 Å². The molecule has 0 aromatic heterocycles. The topological polar surface area (TPSA) is 98.7 Å². The van der Waals surface area contributed by atoms with Gasteiger partial charge in [0.15, 0.2) is 0 Å². The largest absolute Gasteiger partial charge is 0.480 e. The number of amides is 2. The molecule has 1 rings (SSSR count). The Hall–Kier alpha value is -1.30. The Balaban J connectivity index is 2.47. The van der Waals surface area contributed by atoms with Crippen molar-refractivity contribution >= 4 is 12.0 Å². The average Bonchev–Trinajstić information content (AvgIpc) is 2.27. The van der Waals surface area contributed by atoms with Crippen LogP contribution in [0, 0.1) is 5.41 Å². The van der Waals surface area contributed by atoms with Gasteiger partial charge in [-0.1, -0.05) is 20.8 Å². The molecule has 0 aliphatic heterocycles. The van der Waals surface area contributed by atoms with Gasteiger partial charge in [0.2, 0.25) is 0 Å². The lowest BCUT2D eigenvalue weighted by atomic mass is 9.87. The lowest BCUT2D eigenvalue weighted by Gasteiger charge is -2.30. The molecule has 6 heteroatoms. The van der Waals surface area contributed by atoms with Crippen LogP contribution in [0.15, 0.2) is 0 Å². The summed E-state index contributed by atoms with van der Waals surface area (Å²) in [5.41, 5.74) is -0.550. The standard InChI is InChI=1S/C13H24N2O4/c1-13(2,3)10(11(17)18)15-12(19)14-8-4-6-9(16)7-5-8/h8-10,16H,4-7H2,1-3H3,(H,17,18)(H2,14,15,19)/t8?,9?,10-/m1/s1.